The van der Waals surface area contributed by atoms with E-state index in [-0.39, 0.29) is 0 Å². The van der Waals surface area contributed by atoms with Gasteiger partial charge in [0.05, 0.1) is 10.2 Å². The van der Waals surface area contributed by atoms with E-state index in [0.717, 1.165) is 39.3 Å². The van der Waals surface area contributed by atoms with Crippen LogP contribution in [0.3, 0.4) is 0 Å². The van der Waals surface area contributed by atoms with Gasteiger partial charge in [0.25, 0.3) is 0 Å². The first-order valence-electron chi connectivity index (χ1n) is 9.44. The molecule has 0 saturated heterocycles. The van der Waals surface area contributed by atoms with Gasteiger partial charge in [-0.25, -0.2) is 15.0 Å². The van der Waals surface area contributed by atoms with E-state index in [9.17, 15) is 0 Å². The molecule has 0 radical (unpaired) electrons. The minimum atomic E-state index is 0.445. The predicted molar refractivity (Wildman–Crippen MR) is 110 cm³/mol. The van der Waals surface area contributed by atoms with Crippen LogP contribution in [0.25, 0.3) is 20.4 Å². The lowest BCUT2D eigenvalue weighted by atomic mass is 9.99. The van der Waals surface area contributed by atoms with E-state index >= 15 is 0 Å². The molecule has 0 bridgehead atoms. The maximum Gasteiger partial charge on any atom is 0.147 e. The number of anilines is 1. The molecule has 5 rings (SSSR count). The second-order valence-electron chi connectivity index (χ2n) is 7.36. The molecule has 0 fully saturated rings. The summed E-state index contributed by atoms with van der Waals surface area (Å²) in [6.07, 6.45) is 8.81. The van der Waals surface area contributed by atoms with Gasteiger partial charge in [-0.2, -0.15) is 0 Å². The number of hydrogen-bond acceptors (Lipinski definition) is 6. The summed E-state index contributed by atoms with van der Waals surface area (Å²) in [4.78, 5) is 19.5. The van der Waals surface area contributed by atoms with E-state index in [1.54, 1.807) is 23.9 Å². The molecular weight excluding hydrogens is 354 g/mol. The highest BCUT2D eigenvalue weighted by molar-refractivity contribution is 7.26. The molecular formula is C21H21N5S. The summed E-state index contributed by atoms with van der Waals surface area (Å²) in [5.41, 5.74) is 6.36. The van der Waals surface area contributed by atoms with Crippen LogP contribution in [-0.2, 0) is 19.4 Å². The van der Waals surface area contributed by atoms with Gasteiger partial charge in [-0.1, -0.05) is 19.9 Å². The SMILES string of the molecule is CC(C)c1nc2sc3c(NCc4cccnc4)ncnc3c2c2c1CCC2. The molecule has 4 aromatic rings. The summed E-state index contributed by atoms with van der Waals surface area (Å²) < 4.78 is 1.10. The molecule has 5 nitrogen and oxygen atoms in total. The van der Waals surface area contributed by atoms with Crippen molar-refractivity contribution in [3.05, 3.63) is 53.2 Å². The van der Waals surface area contributed by atoms with Crippen LogP contribution in [0.5, 0.6) is 0 Å². The first kappa shape index (κ1) is 16.6. The van der Waals surface area contributed by atoms with E-state index in [0.29, 0.717) is 12.5 Å². The van der Waals surface area contributed by atoms with Crippen LogP contribution in [0.1, 0.15) is 48.6 Å². The highest BCUT2D eigenvalue weighted by atomic mass is 32.1. The Morgan fingerprint density at radius 3 is 2.89 bits per heavy atom. The summed E-state index contributed by atoms with van der Waals surface area (Å²) in [6, 6.07) is 4.01. The third-order valence-electron chi connectivity index (χ3n) is 5.23. The van der Waals surface area contributed by atoms with Crippen molar-refractivity contribution in [3.8, 4) is 0 Å². The molecule has 4 aromatic heterocycles. The van der Waals surface area contributed by atoms with Crippen LogP contribution in [-0.4, -0.2) is 19.9 Å². The minimum Gasteiger partial charge on any atom is -0.365 e. The smallest absolute Gasteiger partial charge is 0.147 e. The van der Waals surface area contributed by atoms with Crippen molar-refractivity contribution in [2.45, 2.75) is 45.6 Å². The fourth-order valence-electron chi connectivity index (χ4n) is 4.02. The average Bonchev–Trinajstić information content (AvgIpc) is 3.30. The van der Waals surface area contributed by atoms with Gasteiger partial charge in [0, 0.05) is 30.0 Å². The maximum atomic E-state index is 5.06. The van der Waals surface area contributed by atoms with E-state index in [2.05, 4.69) is 40.2 Å². The topological polar surface area (TPSA) is 63.6 Å². The van der Waals surface area contributed by atoms with Crippen LogP contribution in [0, 0.1) is 0 Å². The zero-order chi connectivity index (χ0) is 18.4. The Hall–Kier alpha value is -2.60. The minimum absolute atomic E-state index is 0.445. The third kappa shape index (κ3) is 2.75. The molecule has 0 aliphatic heterocycles. The van der Waals surface area contributed by atoms with E-state index < -0.39 is 0 Å². The highest BCUT2D eigenvalue weighted by Crippen LogP contribution is 2.42. The Labute approximate surface area is 161 Å². The number of aromatic nitrogens is 4. The van der Waals surface area contributed by atoms with Crippen LogP contribution < -0.4 is 5.32 Å². The monoisotopic (exact) mass is 375 g/mol. The van der Waals surface area contributed by atoms with Gasteiger partial charge in [-0.15, -0.1) is 11.3 Å². The molecule has 0 aromatic carbocycles. The number of fused-ring (bicyclic) bond motifs is 5. The summed E-state index contributed by atoms with van der Waals surface area (Å²) >= 11 is 1.71. The summed E-state index contributed by atoms with van der Waals surface area (Å²) in [6.45, 7) is 5.17. The standard InChI is InChI=1S/C21H21N5S/c1-12(2)17-15-7-3-6-14(15)16-18-19(27-21(16)26-17)20(25-11-24-18)23-10-13-5-4-8-22-9-13/h4-5,8-9,11-12H,3,6-7,10H2,1-2H3,(H,23,24,25). The third-order valence-corrected chi connectivity index (χ3v) is 6.31. The normalized spacial score (nSPS) is 13.6. The maximum absolute atomic E-state index is 5.06. The Kier molecular flexibility index (Phi) is 4.01. The molecule has 0 spiro atoms. The Morgan fingerprint density at radius 1 is 1.19 bits per heavy atom. The van der Waals surface area contributed by atoms with Crippen LogP contribution in [0.2, 0.25) is 0 Å². The Balaban J connectivity index is 1.65. The molecule has 0 amide bonds. The molecule has 1 N–H and O–H groups in total. The second-order valence-corrected chi connectivity index (χ2v) is 8.36. The van der Waals surface area contributed by atoms with Crippen molar-refractivity contribution in [2.24, 2.45) is 0 Å². The first-order valence-corrected chi connectivity index (χ1v) is 10.3. The lowest BCUT2D eigenvalue weighted by molar-refractivity contribution is 0.805. The van der Waals surface area contributed by atoms with Crippen molar-refractivity contribution in [1.82, 2.24) is 19.9 Å². The molecule has 27 heavy (non-hydrogen) atoms. The molecule has 0 atom stereocenters. The van der Waals surface area contributed by atoms with Crippen LogP contribution in [0.15, 0.2) is 30.9 Å². The molecule has 1 aliphatic carbocycles. The van der Waals surface area contributed by atoms with Gasteiger partial charge in [-0.3, -0.25) is 4.98 Å². The zero-order valence-corrected chi connectivity index (χ0v) is 16.3. The number of nitrogens with one attached hydrogen (secondary N) is 1. The summed E-state index contributed by atoms with van der Waals surface area (Å²) in [5, 5.41) is 4.71. The Morgan fingerprint density at radius 2 is 2.07 bits per heavy atom. The predicted octanol–water partition coefficient (Wildman–Crippen LogP) is 4.86. The van der Waals surface area contributed by atoms with Crippen LogP contribution in [0.4, 0.5) is 5.82 Å². The molecule has 6 heteroatoms. The lowest BCUT2D eigenvalue weighted by Crippen LogP contribution is -2.02. The van der Waals surface area contributed by atoms with Gasteiger partial charge in [0.1, 0.15) is 17.0 Å². The van der Waals surface area contributed by atoms with Crippen molar-refractivity contribution in [3.63, 3.8) is 0 Å². The Bertz CT molecular complexity index is 1130. The number of aryl methyl sites for hydroxylation is 1. The van der Waals surface area contributed by atoms with Gasteiger partial charge in [0.15, 0.2) is 0 Å². The molecule has 0 unspecified atom stereocenters. The van der Waals surface area contributed by atoms with Gasteiger partial charge >= 0.3 is 0 Å². The fourth-order valence-corrected chi connectivity index (χ4v) is 5.15. The second kappa shape index (κ2) is 6.53. The number of rotatable bonds is 4. The number of hydrogen-bond donors (Lipinski definition) is 1. The average molecular weight is 376 g/mol. The molecule has 136 valence electrons. The van der Waals surface area contributed by atoms with Gasteiger partial charge in [0.2, 0.25) is 0 Å². The number of pyridine rings is 2. The summed E-state index contributed by atoms with van der Waals surface area (Å²) in [5.74, 6) is 1.32. The van der Waals surface area contributed by atoms with Crippen LogP contribution >= 0.6 is 11.3 Å². The van der Waals surface area contributed by atoms with Crippen molar-refractivity contribution >= 4 is 37.6 Å². The molecule has 4 heterocycles. The van der Waals surface area contributed by atoms with Gasteiger partial charge < -0.3 is 5.32 Å². The molecule has 0 saturated carbocycles. The first-order chi connectivity index (χ1) is 13.2. The lowest BCUT2D eigenvalue weighted by Gasteiger charge is -2.11. The van der Waals surface area contributed by atoms with E-state index in [1.807, 2.05) is 12.3 Å². The van der Waals surface area contributed by atoms with E-state index in [4.69, 9.17) is 4.98 Å². The zero-order valence-electron chi connectivity index (χ0n) is 15.5. The number of nitrogens with zero attached hydrogens (tertiary/aromatic N) is 4. The molecule has 1 aliphatic rings. The summed E-state index contributed by atoms with van der Waals surface area (Å²) in [7, 11) is 0. The van der Waals surface area contributed by atoms with Gasteiger partial charge in [-0.05, 0) is 47.9 Å². The van der Waals surface area contributed by atoms with Crippen molar-refractivity contribution < 1.29 is 0 Å². The fraction of sp³-hybridized carbons (Fsp3) is 0.333. The van der Waals surface area contributed by atoms with E-state index in [1.165, 1.54) is 28.6 Å². The van der Waals surface area contributed by atoms with Crippen molar-refractivity contribution in [2.75, 3.05) is 5.32 Å². The highest BCUT2D eigenvalue weighted by Gasteiger charge is 2.25. The number of thiophene rings is 1. The van der Waals surface area contributed by atoms with Crippen molar-refractivity contribution in [1.29, 1.82) is 0 Å². The largest absolute Gasteiger partial charge is 0.365 e. The quantitative estimate of drug-likeness (QED) is 0.552.